The van der Waals surface area contributed by atoms with Crippen molar-refractivity contribution in [3.05, 3.63) is 102 Å². The highest BCUT2D eigenvalue weighted by Crippen LogP contribution is 2.33. The van der Waals surface area contributed by atoms with Crippen molar-refractivity contribution in [3.63, 3.8) is 0 Å². The molecule has 5 aromatic rings. The SMILES string of the molecule is Cc1ccc(-n2nc(C(C)(C)C)cc2NC(=O)Nc2ccc(OCCc3ccnc4c3N=CC4)c3ccccc23)cc1. The summed E-state index contributed by atoms with van der Waals surface area (Å²) in [6, 6.07) is 23.3. The first-order chi connectivity index (χ1) is 20.3. The van der Waals surface area contributed by atoms with Crippen molar-refractivity contribution in [1.29, 1.82) is 0 Å². The summed E-state index contributed by atoms with van der Waals surface area (Å²) in [7, 11) is 0. The maximum absolute atomic E-state index is 13.3. The summed E-state index contributed by atoms with van der Waals surface area (Å²) in [4.78, 5) is 22.2. The highest BCUT2D eigenvalue weighted by molar-refractivity contribution is 6.07. The molecule has 8 nitrogen and oxygen atoms in total. The third-order valence-electron chi connectivity index (χ3n) is 7.35. The van der Waals surface area contributed by atoms with E-state index in [1.807, 2.05) is 92.1 Å². The Kier molecular flexibility index (Phi) is 7.20. The summed E-state index contributed by atoms with van der Waals surface area (Å²) in [5.74, 6) is 1.36. The van der Waals surface area contributed by atoms with E-state index in [0.29, 0.717) is 18.1 Å². The fourth-order valence-electron chi connectivity index (χ4n) is 5.04. The molecule has 1 aliphatic rings. The Morgan fingerprint density at radius 1 is 0.976 bits per heavy atom. The molecule has 0 unspecified atom stereocenters. The molecule has 0 atom stereocenters. The number of anilines is 2. The molecule has 2 amide bonds. The highest BCUT2D eigenvalue weighted by Gasteiger charge is 2.22. The molecule has 0 spiro atoms. The van der Waals surface area contributed by atoms with Gasteiger partial charge in [0.05, 0.1) is 35.1 Å². The fourth-order valence-corrected chi connectivity index (χ4v) is 5.04. The van der Waals surface area contributed by atoms with Crippen LogP contribution in [0.2, 0.25) is 0 Å². The molecule has 2 aromatic heterocycles. The van der Waals surface area contributed by atoms with Crippen molar-refractivity contribution in [2.45, 2.75) is 46.0 Å². The standard InChI is InChI=1S/C34H34N6O2/c1-22-9-11-24(12-10-22)40-31(21-30(39-40)34(2,3)4)38-33(41)37-27-13-14-29(26-8-6-5-7-25(26)27)42-20-17-23-15-18-35-28-16-19-36-32(23)28/h5-15,18-19,21H,16-17,20H2,1-4H3,(H2,37,38,41). The lowest BCUT2D eigenvalue weighted by atomic mass is 9.92. The van der Waals surface area contributed by atoms with Crippen LogP contribution in [0.4, 0.5) is 22.0 Å². The smallest absolute Gasteiger partial charge is 0.324 e. The molecule has 0 fully saturated rings. The van der Waals surface area contributed by atoms with Crippen molar-refractivity contribution in [1.82, 2.24) is 14.8 Å². The lowest BCUT2D eigenvalue weighted by molar-refractivity contribution is 0.262. The number of carbonyl (C=O) groups excluding carboxylic acids is 1. The van der Waals surface area contributed by atoms with E-state index in [4.69, 9.17) is 9.84 Å². The average molecular weight is 559 g/mol. The van der Waals surface area contributed by atoms with Gasteiger partial charge in [0.15, 0.2) is 0 Å². The minimum absolute atomic E-state index is 0.181. The minimum Gasteiger partial charge on any atom is -0.493 e. The van der Waals surface area contributed by atoms with Gasteiger partial charge in [-0.15, -0.1) is 0 Å². The van der Waals surface area contributed by atoms with Gasteiger partial charge in [0.1, 0.15) is 11.6 Å². The van der Waals surface area contributed by atoms with Crippen LogP contribution in [-0.4, -0.2) is 33.6 Å². The summed E-state index contributed by atoms with van der Waals surface area (Å²) in [6.45, 7) is 8.86. The van der Waals surface area contributed by atoms with Crippen LogP contribution >= 0.6 is 0 Å². The Labute approximate surface area is 245 Å². The molecular weight excluding hydrogens is 524 g/mol. The molecule has 0 bridgehead atoms. The van der Waals surface area contributed by atoms with Crippen LogP contribution in [-0.2, 0) is 18.3 Å². The molecule has 8 heteroatoms. The third-order valence-corrected chi connectivity index (χ3v) is 7.35. The number of rotatable bonds is 7. The zero-order valence-corrected chi connectivity index (χ0v) is 24.3. The number of ether oxygens (including phenoxy) is 1. The number of benzene rings is 3. The molecule has 3 aromatic carbocycles. The summed E-state index contributed by atoms with van der Waals surface area (Å²) < 4.78 is 8.01. The lowest BCUT2D eigenvalue weighted by Crippen LogP contribution is -2.21. The summed E-state index contributed by atoms with van der Waals surface area (Å²) in [5.41, 5.74) is 6.54. The Morgan fingerprint density at radius 3 is 2.55 bits per heavy atom. The topological polar surface area (TPSA) is 93.4 Å². The van der Waals surface area contributed by atoms with Crippen LogP contribution in [0.15, 0.2) is 84.0 Å². The van der Waals surface area contributed by atoms with Crippen LogP contribution in [0, 0.1) is 6.92 Å². The van der Waals surface area contributed by atoms with Crippen molar-refractivity contribution in [2.24, 2.45) is 4.99 Å². The van der Waals surface area contributed by atoms with Gasteiger partial charge >= 0.3 is 6.03 Å². The van der Waals surface area contributed by atoms with E-state index < -0.39 is 0 Å². The first-order valence-electron chi connectivity index (χ1n) is 14.2. The molecule has 212 valence electrons. The Bertz CT molecular complexity index is 1800. The number of fused-ring (bicyclic) bond motifs is 2. The normalized spacial score (nSPS) is 12.4. The number of hydrogen-bond acceptors (Lipinski definition) is 5. The van der Waals surface area contributed by atoms with Gasteiger partial charge in [-0.05, 0) is 42.8 Å². The summed E-state index contributed by atoms with van der Waals surface area (Å²) in [6.07, 6.45) is 5.24. The van der Waals surface area contributed by atoms with Crippen LogP contribution in [0.3, 0.4) is 0 Å². The van der Waals surface area contributed by atoms with E-state index in [1.54, 1.807) is 4.68 Å². The van der Waals surface area contributed by atoms with Gasteiger partial charge < -0.3 is 10.1 Å². The number of aromatic nitrogens is 3. The van der Waals surface area contributed by atoms with E-state index in [1.165, 1.54) is 0 Å². The predicted molar refractivity (Wildman–Crippen MR) is 169 cm³/mol. The van der Waals surface area contributed by atoms with Gasteiger partial charge in [-0.3, -0.25) is 15.3 Å². The quantitative estimate of drug-likeness (QED) is 0.216. The number of nitrogens with one attached hydrogen (secondary N) is 2. The maximum atomic E-state index is 13.3. The van der Waals surface area contributed by atoms with Crippen molar-refractivity contribution in [2.75, 3.05) is 17.2 Å². The Balaban J connectivity index is 1.20. The van der Waals surface area contributed by atoms with Gasteiger partial charge in [-0.25, -0.2) is 9.48 Å². The van der Waals surface area contributed by atoms with Crippen molar-refractivity contribution < 1.29 is 9.53 Å². The second-order valence-electron chi connectivity index (χ2n) is 11.5. The Hall–Kier alpha value is -4.98. The molecular formula is C34H34N6O2. The molecule has 0 aliphatic carbocycles. The van der Waals surface area contributed by atoms with Gasteiger partial charge in [0.25, 0.3) is 0 Å². The van der Waals surface area contributed by atoms with Gasteiger partial charge in [0, 0.05) is 47.5 Å². The third kappa shape index (κ3) is 5.61. The van der Waals surface area contributed by atoms with Crippen molar-refractivity contribution in [3.8, 4) is 11.4 Å². The van der Waals surface area contributed by atoms with E-state index in [2.05, 4.69) is 41.4 Å². The number of nitrogens with zero attached hydrogens (tertiary/aromatic N) is 4. The number of amides is 2. The average Bonchev–Trinajstić information content (AvgIpc) is 3.63. The first kappa shape index (κ1) is 27.2. The fraction of sp³-hybridized carbons (Fsp3) is 0.235. The Morgan fingerprint density at radius 2 is 1.76 bits per heavy atom. The number of aliphatic imine (C=N–C) groups is 1. The lowest BCUT2D eigenvalue weighted by Gasteiger charge is -2.15. The minimum atomic E-state index is -0.352. The maximum Gasteiger partial charge on any atom is 0.324 e. The van der Waals surface area contributed by atoms with Crippen LogP contribution < -0.4 is 15.4 Å². The zero-order valence-electron chi connectivity index (χ0n) is 24.3. The van der Waals surface area contributed by atoms with E-state index >= 15 is 0 Å². The number of carbonyl (C=O) groups is 1. The van der Waals surface area contributed by atoms with Gasteiger partial charge in [-0.1, -0.05) is 62.7 Å². The molecule has 0 radical (unpaired) electrons. The molecule has 0 saturated carbocycles. The summed E-state index contributed by atoms with van der Waals surface area (Å²) >= 11 is 0. The van der Waals surface area contributed by atoms with Gasteiger partial charge in [0.2, 0.25) is 0 Å². The summed E-state index contributed by atoms with van der Waals surface area (Å²) in [5, 5.41) is 12.7. The van der Waals surface area contributed by atoms with Crippen LogP contribution in [0.5, 0.6) is 5.75 Å². The second-order valence-corrected chi connectivity index (χ2v) is 11.5. The molecule has 2 N–H and O–H groups in total. The number of aryl methyl sites for hydroxylation is 1. The predicted octanol–water partition coefficient (Wildman–Crippen LogP) is 7.55. The van der Waals surface area contributed by atoms with E-state index in [0.717, 1.165) is 63.3 Å². The number of urea groups is 1. The number of hydrogen-bond donors (Lipinski definition) is 2. The molecule has 6 rings (SSSR count). The van der Waals surface area contributed by atoms with Crippen molar-refractivity contribution >= 4 is 40.2 Å². The molecule has 1 aliphatic heterocycles. The molecule has 3 heterocycles. The van der Waals surface area contributed by atoms with E-state index in [9.17, 15) is 4.79 Å². The molecule has 0 saturated heterocycles. The monoisotopic (exact) mass is 558 g/mol. The second kappa shape index (κ2) is 11.1. The van der Waals surface area contributed by atoms with Gasteiger partial charge in [-0.2, -0.15) is 5.10 Å². The highest BCUT2D eigenvalue weighted by atomic mass is 16.5. The zero-order chi connectivity index (χ0) is 29.3. The molecule has 42 heavy (non-hydrogen) atoms. The van der Waals surface area contributed by atoms with Crippen LogP contribution in [0.1, 0.15) is 43.3 Å². The largest absolute Gasteiger partial charge is 0.493 e. The van der Waals surface area contributed by atoms with Crippen LogP contribution in [0.25, 0.3) is 16.5 Å². The first-order valence-corrected chi connectivity index (χ1v) is 14.2. The van der Waals surface area contributed by atoms with E-state index in [-0.39, 0.29) is 11.4 Å². The number of pyridine rings is 1.